The Bertz CT molecular complexity index is 1210. The molecule has 3 atom stereocenters. The van der Waals surface area contributed by atoms with Gasteiger partial charge in [0.05, 0.1) is 24.5 Å². The van der Waals surface area contributed by atoms with Crippen molar-refractivity contribution in [2.75, 3.05) is 5.75 Å². The topological polar surface area (TPSA) is 129 Å². The van der Waals surface area contributed by atoms with Crippen molar-refractivity contribution < 1.29 is 19.7 Å². The van der Waals surface area contributed by atoms with E-state index in [1.807, 2.05) is 48.5 Å². The van der Waals surface area contributed by atoms with Crippen molar-refractivity contribution in [1.29, 1.82) is 0 Å². The van der Waals surface area contributed by atoms with E-state index in [9.17, 15) is 10.2 Å². The van der Waals surface area contributed by atoms with Gasteiger partial charge in [0, 0.05) is 24.3 Å². The van der Waals surface area contributed by atoms with Gasteiger partial charge in [-0.3, -0.25) is 0 Å². The second-order valence-electron chi connectivity index (χ2n) is 8.50. The number of hydrogen-bond acceptors (Lipinski definition) is 9. The highest BCUT2D eigenvalue weighted by Gasteiger charge is 2.32. The summed E-state index contributed by atoms with van der Waals surface area (Å²) in [5, 5.41) is 31.7. The first-order chi connectivity index (χ1) is 17.6. The molecule has 4 aromatic rings. The molecule has 1 aliphatic rings. The number of phenols is 1. The lowest BCUT2D eigenvalue weighted by atomic mass is 10.0. The molecule has 0 saturated carbocycles. The van der Waals surface area contributed by atoms with E-state index in [-0.39, 0.29) is 24.6 Å². The van der Waals surface area contributed by atoms with E-state index in [2.05, 4.69) is 15.5 Å². The Labute approximate surface area is 212 Å². The molecule has 9 nitrogen and oxygen atoms in total. The minimum Gasteiger partial charge on any atom is -0.508 e. The van der Waals surface area contributed by atoms with Crippen LogP contribution in [0.15, 0.2) is 78.0 Å². The summed E-state index contributed by atoms with van der Waals surface area (Å²) in [6.07, 6.45) is -0.185. The van der Waals surface area contributed by atoms with Crippen molar-refractivity contribution in [3.63, 3.8) is 0 Å². The number of benzene rings is 3. The number of nitrogens with zero attached hydrogens (tertiary/aromatic N) is 4. The predicted molar refractivity (Wildman–Crippen MR) is 134 cm³/mol. The molecule has 36 heavy (non-hydrogen) atoms. The molecule has 1 aliphatic heterocycles. The van der Waals surface area contributed by atoms with Gasteiger partial charge in [0.1, 0.15) is 5.75 Å². The molecular weight excluding hydrogens is 478 g/mol. The number of aromatic nitrogens is 4. The van der Waals surface area contributed by atoms with Gasteiger partial charge in [-0.2, -0.15) is 4.68 Å². The molecule has 0 unspecified atom stereocenters. The first-order valence-corrected chi connectivity index (χ1v) is 12.6. The van der Waals surface area contributed by atoms with Crippen LogP contribution in [0, 0.1) is 0 Å². The third-order valence-corrected chi connectivity index (χ3v) is 7.09. The molecule has 0 bridgehead atoms. The summed E-state index contributed by atoms with van der Waals surface area (Å²) >= 11 is 1.50. The first kappa shape index (κ1) is 24.4. The number of tetrazole rings is 1. The smallest absolute Gasteiger partial charge is 0.214 e. The Morgan fingerprint density at radius 2 is 1.61 bits per heavy atom. The van der Waals surface area contributed by atoms with Gasteiger partial charge in [0.2, 0.25) is 5.16 Å². The van der Waals surface area contributed by atoms with E-state index < -0.39 is 6.29 Å². The summed E-state index contributed by atoms with van der Waals surface area (Å²) < 4.78 is 14.4. The van der Waals surface area contributed by atoms with Crippen molar-refractivity contribution in [3.8, 4) is 11.4 Å². The fourth-order valence-electron chi connectivity index (χ4n) is 4.03. The highest BCUT2D eigenvalue weighted by molar-refractivity contribution is 7.99. The number of aliphatic hydroxyl groups is 1. The normalized spacial score (nSPS) is 19.9. The molecule has 3 aromatic carbocycles. The van der Waals surface area contributed by atoms with E-state index in [4.69, 9.17) is 15.2 Å². The standard InChI is InChI=1S/C26H27N5O4S/c27-14-17-1-7-20(8-2-17)25-34-23(13-24(35-25)19-5-3-18(15-32)4-6-19)16-36-26-28-29-30-31(26)21-9-11-22(33)12-10-21/h1-12,23-25,32-33H,13-16,27H2/t23-,24+,25+/m0/s1. The third kappa shape index (κ3) is 5.58. The minimum absolute atomic E-state index is 0.0000455. The fraction of sp³-hybridized carbons (Fsp3) is 0.269. The van der Waals surface area contributed by atoms with Crippen LogP contribution in [0.4, 0.5) is 0 Å². The van der Waals surface area contributed by atoms with Gasteiger partial charge >= 0.3 is 0 Å². The average molecular weight is 506 g/mol. The van der Waals surface area contributed by atoms with Crippen molar-refractivity contribution >= 4 is 11.8 Å². The maximum absolute atomic E-state index is 9.58. The van der Waals surface area contributed by atoms with E-state index in [0.717, 1.165) is 27.9 Å². The zero-order chi connectivity index (χ0) is 24.9. The van der Waals surface area contributed by atoms with E-state index in [0.29, 0.717) is 23.9 Å². The Kier molecular flexibility index (Phi) is 7.59. The number of ether oxygens (including phenoxy) is 2. The number of aromatic hydroxyl groups is 1. The van der Waals surface area contributed by atoms with Crippen molar-refractivity contribution in [1.82, 2.24) is 20.2 Å². The highest BCUT2D eigenvalue weighted by atomic mass is 32.2. The fourth-order valence-corrected chi connectivity index (χ4v) is 4.93. The molecule has 5 rings (SSSR count). The van der Waals surface area contributed by atoms with Crippen LogP contribution in [-0.4, -0.2) is 42.3 Å². The first-order valence-electron chi connectivity index (χ1n) is 11.6. The molecule has 0 radical (unpaired) electrons. The van der Waals surface area contributed by atoms with Crippen molar-refractivity contribution in [3.05, 3.63) is 95.1 Å². The number of aliphatic hydroxyl groups excluding tert-OH is 1. The van der Waals surface area contributed by atoms with Crippen LogP contribution in [0.5, 0.6) is 5.75 Å². The van der Waals surface area contributed by atoms with Crippen LogP contribution >= 0.6 is 11.8 Å². The Balaban J connectivity index is 1.35. The zero-order valence-electron chi connectivity index (χ0n) is 19.5. The highest BCUT2D eigenvalue weighted by Crippen LogP contribution is 2.39. The second-order valence-corrected chi connectivity index (χ2v) is 9.48. The van der Waals surface area contributed by atoms with Gasteiger partial charge in [0.15, 0.2) is 6.29 Å². The van der Waals surface area contributed by atoms with Crippen LogP contribution in [0.1, 0.15) is 41.1 Å². The molecule has 1 fully saturated rings. The number of thioether (sulfide) groups is 1. The van der Waals surface area contributed by atoms with Gasteiger partial charge in [-0.25, -0.2) is 0 Å². The number of nitrogens with two attached hydrogens (primary N) is 1. The largest absolute Gasteiger partial charge is 0.508 e. The van der Waals surface area contributed by atoms with E-state index in [1.165, 1.54) is 11.8 Å². The molecule has 1 aromatic heterocycles. The SMILES string of the molecule is NCc1ccc([C@@H]2O[C@H](CSc3nnnn3-c3ccc(O)cc3)C[C@H](c3ccc(CO)cc3)O2)cc1. The monoisotopic (exact) mass is 505 g/mol. The van der Waals surface area contributed by atoms with Crippen LogP contribution in [0.2, 0.25) is 0 Å². The second kappa shape index (κ2) is 11.2. The Morgan fingerprint density at radius 1 is 0.917 bits per heavy atom. The molecule has 0 aliphatic carbocycles. The van der Waals surface area contributed by atoms with E-state index >= 15 is 0 Å². The molecule has 4 N–H and O–H groups in total. The van der Waals surface area contributed by atoms with Crippen LogP contribution < -0.4 is 5.73 Å². The molecule has 1 saturated heterocycles. The lowest BCUT2D eigenvalue weighted by Crippen LogP contribution is -2.31. The number of rotatable bonds is 8. The quantitative estimate of drug-likeness (QED) is 0.307. The van der Waals surface area contributed by atoms with E-state index in [1.54, 1.807) is 28.9 Å². The van der Waals surface area contributed by atoms with Gasteiger partial charge in [0.25, 0.3) is 0 Å². The number of phenolic OH excluding ortho intramolecular Hbond substituents is 1. The van der Waals surface area contributed by atoms with Gasteiger partial charge in [-0.15, -0.1) is 5.10 Å². The summed E-state index contributed by atoms with van der Waals surface area (Å²) in [7, 11) is 0. The Morgan fingerprint density at radius 3 is 2.31 bits per heavy atom. The summed E-state index contributed by atoms with van der Waals surface area (Å²) in [5.41, 5.74) is 10.4. The molecule has 0 spiro atoms. The summed E-state index contributed by atoms with van der Waals surface area (Å²) in [5.74, 6) is 0.796. The van der Waals surface area contributed by atoms with Gasteiger partial charge in [-0.05, 0) is 51.4 Å². The molecule has 2 heterocycles. The summed E-state index contributed by atoms with van der Waals surface area (Å²) in [6.45, 7) is 0.474. The third-order valence-electron chi connectivity index (χ3n) is 6.04. The van der Waals surface area contributed by atoms with Crippen LogP contribution in [-0.2, 0) is 22.6 Å². The molecule has 10 heteroatoms. The maximum atomic E-state index is 9.58. The van der Waals surface area contributed by atoms with Gasteiger partial charge in [-0.1, -0.05) is 60.3 Å². The minimum atomic E-state index is -0.535. The van der Waals surface area contributed by atoms with Crippen LogP contribution in [0.3, 0.4) is 0 Å². The lowest BCUT2D eigenvalue weighted by molar-refractivity contribution is -0.245. The zero-order valence-corrected chi connectivity index (χ0v) is 20.3. The molecule has 0 amide bonds. The predicted octanol–water partition coefficient (Wildman–Crippen LogP) is 3.66. The Hall–Kier alpha value is -3.28. The molecule has 186 valence electrons. The molecular formula is C26H27N5O4S. The van der Waals surface area contributed by atoms with Gasteiger partial charge < -0.3 is 25.4 Å². The summed E-state index contributed by atoms with van der Waals surface area (Å²) in [6, 6.07) is 22.5. The summed E-state index contributed by atoms with van der Waals surface area (Å²) in [4.78, 5) is 0. The van der Waals surface area contributed by atoms with Crippen molar-refractivity contribution in [2.45, 2.75) is 43.2 Å². The maximum Gasteiger partial charge on any atom is 0.214 e. The average Bonchev–Trinajstić information content (AvgIpc) is 3.41. The van der Waals surface area contributed by atoms with Crippen molar-refractivity contribution in [2.24, 2.45) is 5.73 Å². The number of hydrogen-bond donors (Lipinski definition) is 3. The van der Waals surface area contributed by atoms with Crippen LogP contribution in [0.25, 0.3) is 5.69 Å². The lowest BCUT2D eigenvalue weighted by Gasteiger charge is -2.36.